The Balaban J connectivity index is 1.28. The number of non-ortho nitro benzene ring substituents is 1. The average Bonchev–Trinajstić information content (AvgIpc) is 3.12. The number of halogens is 1. The topological polar surface area (TPSA) is 174 Å². The zero-order valence-corrected chi connectivity index (χ0v) is 29.5. The number of nitro groups is 1. The van der Waals surface area contributed by atoms with Crippen LogP contribution in [0.5, 0.6) is 5.75 Å². The number of hydrogen-bond acceptors (Lipinski definition) is 9. The van der Waals surface area contributed by atoms with Crippen LogP contribution in [0.25, 0.3) is 16.6 Å². The van der Waals surface area contributed by atoms with Crippen LogP contribution in [0.2, 0.25) is 0 Å². The van der Waals surface area contributed by atoms with Gasteiger partial charge < -0.3 is 15.0 Å². The van der Waals surface area contributed by atoms with Crippen LogP contribution < -0.4 is 15.6 Å². The fourth-order valence-electron chi connectivity index (χ4n) is 5.81. The van der Waals surface area contributed by atoms with Crippen molar-refractivity contribution >= 4 is 54.4 Å². The first-order chi connectivity index (χ1) is 24.4. The average molecular weight is 776 g/mol. The Morgan fingerprint density at radius 1 is 1.00 bits per heavy atom. The summed E-state index contributed by atoms with van der Waals surface area (Å²) in [5.41, 5.74) is 1.16. The van der Waals surface area contributed by atoms with E-state index < -0.39 is 39.3 Å². The molecule has 14 nitrogen and oxygen atoms in total. The van der Waals surface area contributed by atoms with E-state index in [1.54, 1.807) is 42.5 Å². The van der Waals surface area contributed by atoms with Gasteiger partial charge in [0.15, 0.2) is 0 Å². The number of carbonyl (C=O) groups excluding carboxylic acids is 2. The van der Waals surface area contributed by atoms with Gasteiger partial charge in [0.2, 0.25) is 21.8 Å². The van der Waals surface area contributed by atoms with Crippen molar-refractivity contribution in [3.8, 4) is 11.4 Å². The number of amides is 2. The molecule has 1 atom stereocenters. The maximum absolute atomic E-state index is 14.1. The van der Waals surface area contributed by atoms with Crippen LogP contribution in [-0.2, 0) is 26.0 Å². The third-order valence-electron chi connectivity index (χ3n) is 8.42. The van der Waals surface area contributed by atoms with Crippen LogP contribution in [0.4, 0.5) is 5.69 Å². The molecule has 0 unspecified atom stereocenters. The second-order valence-corrected chi connectivity index (χ2v) is 14.5. The molecule has 2 heterocycles. The highest BCUT2D eigenvalue weighted by Gasteiger charge is 2.34. The highest BCUT2D eigenvalue weighted by Crippen LogP contribution is 2.25. The summed E-state index contributed by atoms with van der Waals surface area (Å²) in [6.45, 7) is -1.05. The minimum absolute atomic E-state index is 0.0688. The molecule has 51 heavy (non-hydrogen) atoms. The Bertz CT molecular complexity index is 2280. The number of fused-ring (bicyclic) bond motifs is 1. The third kappa shape index (κ3) is 7.67. The number of aromatic nitrogens is 2. The molecule has 1 aromatic heterocycles. The fraction of sp³-hybridized carbons (Fsp3) is 0.200. The monoisotopic (exact) mass is 774 g/mol. The van der Waals surface area contributed by atoms with Crippen molar-refractivity contribution in [1.82, 2.24) is 24.1 Å². The van der Waals surface area contributed by atoms with Gasteiger partial charge in [-0.15, -0.1) is 0 Å². The van der Waals surface area contributed by atoms with Gasteiger partial charge in [-0.1, -0.05) is 46.3 Å². The lowest BCUT2D eigenvalue weighted by Crippen LogP contribution is -2.54. The number of piperazine rings is 1. The molecule has 1 saturated heterocycles. The van der Waals surface area contributed by atoms with E-state index in [4.69, 9.17) is 9.72 Å². The lowest BCUT2D eigenvalue weighted by atomic mass is 10.0. The van der Waals surface area contributed by atoms with Crippen molar-refractivity contribution in [2.24, 2.45) is 0 Å². The summed E-state index contributed by atoms with van der Waals surface area (Å²) in [6, 6.07) is 25.0. The first kappa shape index (κ1) is 35.4. The maximum Gasteiger partial charge on any atom is 0.269 e. The SMILES string of the molecule is COc1ccc(-n2c([C@H](Cc3ccccc3)NC(=O)CN3CCN(S(=O)(=O)c4ccc([N+](=O)[O-])cc4)CC3=O)nc3cc(Br)ccc3c2=O)cc1. The number of nitrogens with one attached hydrogen (secondary N) is 1. The molecule has 2 amide bonds. The van der Waals surface area contributed by atoms with Gasteiger partial charge in [-0.2, -0.15) is 4.31 Å². The standard InChI is InChI=1S/C35H31BrN6O8S/c1-50-27-12-8-25(9-13-27)41-34(38-30-20-24(36)7-16-29(30)35(41)45)31(19-23-5-3-2-4-6-23)37-32(43)21-39-17-18-40(22-33(39)44)51(48,49)28-14-10-26(11-15-28)42(46)47/h2-16,20,31H,17-19,21-22H2,1H3,(H,37,43)/t31-/m0/s1. The number of rotatable bonds is 11. The molecule has 1 aliphatic rings. The van der Waals surface area contributed by atoms with Gasteiger partial charge in [0.1, 0.15) is 11.6 Å². The number of ether oxygens (including phenoxy) is 1. The number of hydrogen-bond donors (Lipinski definition) is 1. The van der Waals surface area contributed by atoms with E-state index in [2.05, 4.69) is 21.2 Å². The summed E-state index contributed by atoms with van der Waals surface area (Å²) in [5, 5.41) is 14.4. The molecule has 0 radical (unpaired) electrons. The Labute approximate surface area is 300 Å². The molecule has 0 saturated carbocycles. The number of carbonyl (C=O) groups is 2. The molecular weight excluding hydrogens is 744 g/mol. The quantitative estimate of drug-likeness (QED) is 0.154. The molecular formula is C35H31BrN6O8S. The first-order valence-corrected chi connectivity index (χ1v) is 17.9. The molecule has 16 heteroatoms. The molecule has 262 valence electrons. The van der Waals surface area contributed by atoms with Crippen molar-refractivity contribution in [3.63, 3.8) is 0 Å². The maximum atomic E-state index is 14.1. The summed E-state index contributed by atoms with van der Waals surface area (Å²) in [7, 11) is -2.59. The summed E-state index contributed by atoms with van der Waals surface area (Å²) < 4.78 is 34.9. The van der Waals surface area contributed by atoms with Gasteiger partial charge in [-0.25, -0.2) is 13.4 Å². The minimum Gasteiger partial charge on any atom is -0.497 e. The van der Waals surface area contributed by atoms with Crippen molar-refractivity contribution in [3.05, 3.63) is 133 Å². The molecule has 1 N–H and O–H groups in total. The van der Waals surface area contributed by atoms with E-state index in [1.165, 1.54) is 16.6 Å². The van der Waals surface area contributed by atoms with Gasteiger partial charge in [0.05, 0.1) is 52.7 Å². The largest absolute Gasteiger partial charge is 0.497 e. The Morgan fingerprint density at radius 3 is 2.35 bits per heavy atom. The van der Waals surface area contributed by atoms with E-state index >= 15 is 0 Å². The fourth-order valence-corrected chi connectivity index (χ4v) is 7.54. The Kier molecular flexibility index (Phi) is 10.3. The third-order valence-corrected chi connectivity index (χ3v) is 10.8. The van der Waals surface area contributed by atoms with Crippen molar-refractivity contribution < 1.29 is 27.7 Å². The van der Waals surface area contributed by atoms with Crippen LogP contribution >= 0.6 is 15.9 Å². The number of nitro benzene ring substituents is 1. The summed E-state index contributed by atoms with van der Waals surface area (Å²) in [6.07, 6.45) is 0.254. The zero-order valence-electron chi connectivity index (χ0n) is 27.1. The second-order valence-electron chi connectivity index (χ2n) is 11.7. The van der Waals surface area contributed by atoms with E-state index in [1.807, 2.05) is 30.3 Å². The van der Waals surface area contributed by atoms with Crippen LogP contribution in [-0.4, -0.2) is 77.2 Å². The zero-order chi connectivity index (χ0) is 36.3. The molecule has 5 aromatic rings. The molecule has 0 bridgehead atoms. The van der Waals surface area contributed by atoms with E-state index in [9.17, 15) is 32.9 Å². The molecule has 1 fully saturated rings. The smallest absolute Gasteiger partial charge is 0.269 e. The molecule has 0 spiro atoms. The van der Waals surface area contributed by atoms with Gasteiger partial charge >= 0.3 is 0 Å². The van der Waals surface area contributed by atoms with Gasteiger partial charge in [-0.3, -0.25) is 29.1 Å². The van der Waals surface area contributed by atoms with Crippen LogP contribution in [0.3, 0.4) is 0 Å². The lowest BCUT2D eigenvalue weighted by molar-refractivity contribution is -0.384. The van der Waals surface area contributed by atoms with E-state index in [0.717, 1.165) is 34.1 Å². The minimum atomic E-state index is -4.13. The molecule has 0 aliphatic carbocycles. The summed E-state index contributed by atoms with van der Waals surface area (Å²) in [4.78, 5) is 57.4. The highest BCUT2D eigenvalue weighted by atomic mass is 79.9. The van der Waals surface area contributed by atoms with Crippen molar-refractivity contribution in [2.75, 3.05) is 33.3 Å². The van der Waals surface area contributed by atoms with Crippen LogP contribution in [0.15, 0.2) is 111 Å². The van der Waals surface area contributed by atoms with Gasteiger partial charge in [0, 0.05) is 29.7 Å². The summed E-state index contributed by atoms with van der Waals surface area (Å²) in [5.74, 6) is -0.282. The van der Waals surface area contributed by atoms with E-state index in [0.29, 0.717) is 26.8 Å². The Hall–Kier alpha value is -5.45. The molecule has 6 rings (SSSR count). The van der Waals surface area contributed by atoms with Gasteiger partial charge in [0.25, 0.3) is 11.2 Å². The Morgan fingerprint density at radius 2 is 1.71 bits per heavy atom. The highest BCUT2D eigenvalue weighted by molar-refractivity contribution is 9.10. The first-order valence-electron chi connectivity index (χ1n) is 15.7. The number of nitrogens with zero attached hydrogens (tertiary/aromatic N) is 5. The lowest BCUT2D eigenvalue weighted by Gasteiger charge is -2.33. The van der Waals surface area contributed by atoms with Gasteiger partial charge in [-0.05, 0) is 66.6 Å². The second kappa shape index (κ2) is 14.8. The normalized spacial score (nSPS) is 14.3. The van der Waals surface area contributed by atoms with Crippen molar-refractivity contribution in [1.29, 1.82) is 0 Å². The van der Waals surface area contributed by atoms with Crippen LogP contribution in [0, 0.1) is 10.1 Å². The molecule has 1 aliphatic heterocycles. The van der Waals surface area contributed by atoms with E-state index in [-0.39, 0.29) is 48.0 Å². The number of benzene rings is 4. The predicted molar refractivity (Wildman–Crippen MR) is 191 cm³/mol. The van der Waals surface area contributed by atoms with Crippen LogP contribution in [0.1, 0.15) is 17.4 Å². The number of methoxy groups -OCH3 is 1. The summed E-state index contributed by atoms with van der Waals surface area (Å²) >= 11 is 3.45. The van der Waals surface area contributed by atoms with Crippen molar-refractivity contribution in [2.45, 2.75) is 17.4 Å². The number of sulfonamides is 1. The molecule has 4 aromatic carbocycles. The predicted octanol–water partition coefficient (Wildman–Crippen LogP) is 4.00.